The van der Waals surface area contributed by atoms with Gasteiger partial charge in [0.25, 0.3) is 0 Å². The van der Waals surface area contributed by atoms with Crippen LogP contribution in [-0.2, 0) is 0 Å². The normalized spacial score (nSPS) is 15.0. The van der Waals surface area contributed by atoms with E-state index in [2.05, 4.69) is 38.0 Å². The summed E-state index contributed by atoms with van der Waals surface area (Å²) < 4.78 is 11.3. The van der Waals surface area contributed by atoms with Crippen LogP contribution in [0, 0.1) is 0 Å². The molecular weight excluding hydrogens is 454 g/mol. The Hall–Kier alpha value is -3.25. The maximum Gasteiger partial charge on any atom is 0.140 e. The van der Waals surface area contributed by atoms with Crippen LogP contribution in [0.3, 0.4) is 0 Å². The number of methoxy groups -OCH3 is 2. The Balaban J connectivity index is 1.78. The molecule has 5 rings (SSSR count). The SMILES string of the molecule is COc1ccccc1-c1nc(-c2c[nH]c3c2=CC(Br)CC=3)[nH]c1-c1ccccc1OC. The van der Waals surface area contributed by atoms with Crippen molar-refractivity contribution in [2.24, 2.45) is 0 Å². The summed E-state index contributed by atoms with van der Waals surface area (Å²) in [6.45, 7) is 0. The number of rotatable bonds is 5. The molecule has 0 aliphatic heterocycles. The van der Waals surface area contributed by atoms with Crippen molar-refractivity contribution >= 4 is 28.1 Å². The molecule has 2 aromatic carbocycles. The summed E-state index contributed by atoms with van der Waals surface area (Å²) in [5, 5.41) is 2.28. The summed E-state index contributed by atoms with van der Waals surface area (Å²) in [5.41, 5.74) is 4.62. The standard InChI is InChI=1S/C25H22BrN3O2/c1-30-21-9-5-3-7-16(21)23-24(17-8-4-6-10-22(17)31-2)29-25(28-23)19-14-27-20-12-11-15(26)13-18(19)20/h3-10,12-15,27H,11H2,1-2H3,(H,28,29). The van der Waals surface area contributed by atoms with Gasteiger partial charge in [-0.1, -0.05) is 52.3 Å². The van der Waals surface area contributed by atoms with Crippen molar-refractivity contribution < 1.29 is 9.47 Å². The zero-order valence-corrected chi connectivity index (χ0v) is 18.9. The second kappa shape index (κ2) is 8.12. The fourth-order valence-corrected chi connectivity index (χ4v) is 4.51. The number of aromatic nitrogens is 3. The number of fused-ring (bicyclic) bond motifs is 1. The number of benzene rings is 2. The minimum Gasteiger partial charge on any atom is -0.496 e. The van der Waals surface area contributed by atoms with Crippen LogP contribution in [0.15, 0.2) is 54.7 Å². The van der Waals surface area contributed by atoms with Gasteiger partial charge in [-0.15, -0.1) is 0 Å². The van der Waals surface area contributed by atoms with E-state index in [9.17, 15) is 0 Å². The van der Waals surface area contributed by atoms with Gasteiger partial charge in [-0.05, 0) is 30.7 Å². The van der Waals surface area contributed by atoms with E-state index >= 15 is 0 Å². The molecule has 0 saturated carbocycles. The number of H-pyrrole nitrogens is 2. The minimum absolute atomic E-state index is 0.312. The van der Waals surface area contributed by atoms with Crippen LogP contribution in [0.2, 0.25) is 0 Å². The van der Waals surface area contributed by atoms with E-state index < -0.39 is 0 Å². The third-order valence-electron chi connectivity index (χ3n) is 5.54. The maximum absolute atomic E-state index is 5.65. The number of imidazole rings is 1. The highest BCUT2D eigenvalue weighted by Crippen LogP contribution is 2.40. The van der Waals surface area contributed by atoms with Gasteiger partial charge in [0, 0.05) is 38.3 Å². The molecule has 2 aromatic heterocycles. The Labute approximate surface area is 188 Å². The highest BCUT2D eigenvalue weighted by atomic mass is 79.9. The first-order valence-corrected chi connectivity index (χ1v) is 11.0. The van der Waals surface area contributed by atoms with Crippen LogP contribution in [-0.4, -0.2) is 34.0 Å². The van der Waals surface area contributed by atoms with E-state index in [1.165, 1.54) is 0 Å². The second-order valence-corrected chi connectivity index (χ2v) is 8.54. The minimum atomic E-state index is 0.312. The van der Waals surface area contributed by atoms with Crippen molar-refractivity contribution in [2.75, 3.05) is 14.2 Å². The van der Waals surface area contributed by atoms with Crippen LogP contribution in [0.5, 0.6) is 11.5 Å². The van der Waals surface area contributed by atoms with Gasteiger partial charge in [0.05, 0.1) is 19.9 Å². The summed E-state index contributed by atoms with van der Waals surface area (Å²) in [5.74, 6) is 2.35. The van der Waals surface area contributed by atoms with E-state index in [4.69, 9.17) is 14.5 Å². The number of aromatic amines is 2. The Bertz CT molecular complexity index is 1300. The zero-order chi connectivity index (χ0) is 21.4. The highest BCUT2D eigenvalue weighted by molar-refractivity contribution is 9.09. The smallest absolute Gasteiger partial charge is 0.140 e. The van der Waals surface area contributed by atoms with E-state index in [1.807, 2.05) is 54.7 Å². The monoisotopic (exact) mass is 475 g/mol. The first-order chi connectivity index (χ1) is 15.2. The van der Waals surface area contributed by atoms with E-state index in [0.29, 0.717) is 4.83 Å². The van der Waals surface area contributed by atoms with Gasteiger partial charge in [-0.25, -0.2) is 4.98 Å². The molecule has 0 saturated heterocycles. The first-order valence-electron chi connectivity index (χ1n) is 10.1. The quantitative estimate of drug-likeness (QED) is 0.418. The number of nitrogens with zero attached hydrogens (tertiary/aromatic N) is 1. The predicted octanol–water partition coefficient (Wildman–Crippen LogP) is 4.48. The second-order valence-electron chi connectivity index (χ2n) is 7.36. The molecule has 1 aliphatic carbocycles. The lowest BCUT2D eigenvalue weighted by Gasteiger charge is -2.10. The van der Waals surface area contributed by atoms with Crippen molar-refractivity contribution in [3.8, 4) is 45.4 Å². The molecule has 0 spiro atoms. The average molecular weight is 476 g/mol. The third kappa shape index (κ3) is 3.47. The first kappa shape index (κ1) is 19.7. The van der Waals surface area contributed by atoms with Crippen LogP contribution in [0.1, 0.15) is 6.42 Å². The molecular formula is C25H22BrN3O2. The fourth-order valence-electron chi connectivity index (χ4n) is 4.06. The van der Waals surface area contributed by atoms with Gasteiger partial charge in [-0.2, -0.15) is 0 Å². The largest absolute Gasteiger partial charge is 0.496 e. The van der Waals surface area contributed by atoms with Gasteiger partial charge in [0.2, 0.25) is 0 Å². The number of ether oxygens (including phenoxy) is 2. The molecule has 1 unspecified atom stereocenters. The van der Waals surface area contributed by atoms with E-state index in [1.54, 1.807) is 14.2 Å². The van der Waals surface area contributed by atoms with Crippen LogP contribution in [0.4, 0.5) is 0 Å². The lowest BCUT2D eigenvalue weighted by Crippen LogP contribution is -2.28. The topological polar surface area (TPSA) is 62.9 Å². The maximum atomic E-state index is 5.65. The molecule has 6 heteroatoms. The van der Waals surface area contributed by atoms with Crippen molar-refractivity contribution in [2.45, 2.75) is 11.2 Å². The lowest BCUT2D eigenvalue weighted by atomic mass is 10.0. The van der Waals surface area contributed by atoms with Gasteiger partial charge >= 0.3 is 0 Å². The van der Waals surface area contributed by atoms with Gasteiger partial charge < -0.3 is 19.4 Å². The summed E-state index contributed by atoms with van der Waals surface area (Å²) in [6.07, 6.45) is 7.42. The molecule has 5 nitrogen and oxygen atoms in total. The van der Waals surface area contributed by atoms with Crippen LogP contribution in [0.25, 0.3) is 46.1 Å². The molecule has 31 heavy (non-hydrogen) atoms. The average Bonchev–Trinajstić information content (AvgIpc) is 3.43. The lowest BCUT2D eigenvalue weighted by molar-refractivity contribution is 0.415. The Morgan fingerprint density at radius 3 is 2.35 bits per heavy atom. The van der Waals surface area contributed by atoms with Crippen LogP contribution >= 0.6 is 15.9 Å². The molecule has 1 aliphatic rings. The van der Waals surface area contributed by atoms with Crippen molar-refractivity contribution in [3.63, 3.8) is 0 Å². The number of nitrogens with one attached hydrogen (secondary N) is 2. The Morgan fingerprint density at radius 2 is 1.61 bits per heavy atom. The Morgan fingerprint density at radius 1 is 0.935 bits per heavy atom. The molecule has 156 valence electrons. The molecule has 0 fully saturated rings. The molecule has 4 aromatic rings. The van der Waals surface area contributed by atoms with Gasteiger partial charge in [0.1, 0.15) is 23.0 Å². The summed E-state index contributed by atoms with van der Waals surface area (Å²) in [4.78, 5) is 12.3. The summed E-state index contributed by atoms with van der Waals surface area (Å²) >= 11 is 3.72. The number of para-hydroxylation sites is 2. The number of hydrogen-bond donors (Lipinski definition) is 2. The molecule has 2 heterocycles. The number of alkyl halides is 1. The summed E-state index contributed by atoms with van der Waals surface area (Å²) in [7, 11) is 3.36. The highest BCUT2D eigenvalue weighted by Gasteiger charge is 2.21. The molecule has 2 N–H and O–H groups in total. The predicted molar refractivity (Wildman–Crippen MR) is 128 cm³/mol. The molecule has 0 amide bonds. The number of halogens is 1. The fraction of sp³-hybridized carbons (Fsp3) is 0.160. The van der Waals surface area contributed by atoms with Crippen molar-refractivity contribution in [1.82, 2.24) is 15.0 Å². The van der Waals surface area contributed by atoms with Gasteiger partial charge in [-0.3, -0.25) is 0 Å². The molecule has 0 radical (unpaired) electrons. The number of hydrogen-bond acceptors (Lipinski definition) is 3. The third-order valence-corrected chi connectivity index (χ3v) is 6.18. The van der Waals surface area contributed by atoms with E-state index in [0.717, 1.165) is 62.4 Å². The zero-order valence-electron chi connectivity index (χ0n) is 17.3. The molecule has 0 bridgehead atoms. The molecule has 1 atom stereocenters. The van der Waals surface area contributed by atoms with E-state index in [-0.39, 0.29) is 0 Å². The van der Waals surface area contributed by atoms with Crippen LogP contribution < -0.4 is 20.0 Å². The van der Waals surface area contributed by atoms with Crippen molar-refractivity contribution in [3.05, 3.63) is 65.3 Å². The summed E-state index contributed by atoms with van der Waals surface area (Å²) in [6, 6.07) is 15.9. The Kier molecular flexibility index (Phi) is 5.16. The van der Waals surface area contributed by atoms with Crippen molar-refractivity contribution in [1.29, 1.82) is 0 Å². The van der Waals surface area contributed by atoms with Gasteiger partial charge in [0.15, 0.2) is 0 Å².